The number of rotatable bonds is 3. The Morgan fingerprint density at radius 3 is 2.46 bits per heavy atom. The highest BCUT2D eigenvalue weighted by Gasteiger charge is 2.17. The molecule has 3 aromatic rings. The van der Waals surface area contributed by atoms with Crippen LogP contribution in [0, 0.1) is 6.92 Å². The van der Waals surface area contributed by atoms with Crippen molar-refractivity contribution in [3.05, 3.63) is 58.1 Å². The molecule has 24 heavy (non-hydrogen) atoms. The lowest BCUT2D eigenvalue weighted by Crippen LogP contribution is -2.13. The van der Waals surface area contributed by atoms with Gasteiger partial charge >= 0.3 is 0 Å². The monoisotopic (exact) mass is 324 g/mol. The smallest absolute Gasteiger partial charge is 0.293 e. The lowest BCUT2D eigenvalue weighted by Gasteiger charge is -2.14. The van der Waals surface area contributed by atoms with Gasteiger partial charge in [-0.1, -0.05) is 39.0 Å². The second-order valence-electron chi connectivity index (χ2n) is 6.65. The maximum atomic E-state index is 12.5. The van der Waals surface area contributed by atoms with Crippen molar-refractivity contribution < 1.29 is 0 Å². The number of nitrogens with zero attached hydrogens (tertiary/aromatic N) is 4. The lowest BCUT2D eigenvalue weighted by molar-refractivity contribution is 0.567. The summed E-state index contributed by atoms with van der Waals surface area (Å²) in [5.74, 6) is 0.450. The predicted molar refractivity (Wildman–Crippen MR) is 92.6 cm³/mol. The van der Waals surface area contributed by atoms with Crippen LogP contribution in [0.25, 0.3) is 5.69 Å². The van der Waals surface area contributed by atoms with Gasteiger partial charge in [0.05, 0.1) is 11.4 Å². The van der Waals surface area contributed by atoms with E-state index >= 15 is 0 Å². The number of benzene rings is 1. The van der Waals surface area contributed by atoms with E-state index in [1.54, 1.807) is 6.92 Å². The number of hydrogen-bond donors (Lipinski definition) is 2. The number of aromatic nitrogens is 4. The maximum Gasteiger partial charge on any atom is 0.299 e. The SMILES string of the molecule is Cc1[nH]n(-c2ccccc2)c(=O)c1N=Nc1cc(C(C)(C)C)[nH]n1. The van der Waals surface area contributed by atoms with Crippen molar-refractivity contribution in [2.75, 3.05) is 0 Å². The maximum absolute atomic E-state index is 12.5. The van der Waals surface area contributed by atoms with Crippen LogP contribution in [0.3, 0.4) is 0 Å². The largest absolute Gasteiger partial charge is 0.299 e. The molecule has 0 unspecified atom stereocenters. The molecule has 0 spiro atoms. The van der Waals surface area contributed by atoms with Crippen LogP contribution in [0.15, 0.2) is 51.4 Å². The number of aryl methyl sites for hydroxylation is 1. The summed E-state index contributed by atoms with van der Waals surface area (Å²) in [6, 6.07) is 11.2. The zero-order valence-electron chi connectivity index (χ0n) is 14.2. The highest BCUT2D eigenvalue weighted by Crippen LogP contribution is 2.24. The first-order valence-electron chi connectivity index (χ1n) is 7.71. The fourth-order valence-corrected chi connectivity index (χ4v) is 2.26. The summed E-state index contributed by atoms with van der Waals surface area (Å²) in [6.07, 6.45) is 0. The van der Waals surface area contributed by atoms with Crippen molar-refractivity contribution >= 4 is 11.5 Å². The molecule has 2 heterocycles. The number of azo groups is 1. The Labute approximate surface area is 139 Å². The minimum absolute atomic E-state index is 0.0508. The average Bonchev–Trinajstić information content (AvgIpc) is 3.12. The Kier molecular flexibility index (Phi) is 3.92. The van der Waals surface area contributed by atoms with Gasteiger partial charge in [-0.25, -0.2) is 4.68 Å². The van der Waals surface area contributed by atoms with E-state index in [2.05, 4.69) is 46.3 Å². The molecule has 3 rings (SSSR count). The summed E-state index contributed by atoms with van der Waals surface area (Å²) in [5, 5.41) is 18.3. The number of H-pyrrole nitrogens is 2. The first kappa shape index (κ1) is 15.9. The van der Waals surface area contributed by atoms with Gasteiger partial charge in [0.15, 0.2) is 11.5 Å². The molecule has 0 amide bonds. The normalized spacial score (nSPS) is 12.2. The zero-order chi connectivity index (χ0) is 17.3. The molecular weight excluding hydrogens is 304 g/mol. The van der Waals surface area contributed by atoms with Gasteiger partial charge in [0.25, 0.3) is 5.56 Å². The first-order chi connectivity index (χ1) is 11.4. The molecule has 0 aliphatic rings. The van der Waals surface area contributed by atoms with Crippen LogP contribution < -0.4 is 5.56 Å². The van der Waals surface area contributed by atoms with Crippen molar-refractivity contribution in [3.8, 4) is 5.69 Å². The highest BCUT2D eigenvalue weighted by atomic mass is 16.1. The summed E-state index contributed by atoms with van der Waals surface area (Å²) in [6.45, 7) is 8.03. The number of hydrogen-bond acceptors (Lipinski definition) is 4. The summed E-state index contributed by atoms with van der Waals surface area (Å²) in [5.41, 5.74) is 2.35. The molecule has 2 N–H and O–H groups in total. The third-order valence-electron chi connectivity index (χ3n) is 3.68. The number of aromatic amines is 2. The third-order valence-corrected chi connectivity index (χ3v) is 3.68. The molecule has 0 bridgehead atoms. The Balaban J connectivity index is 1.92. The van der Waals surface area contributed by atoms with Crippen molar-refractivity contribution in [2.24, 2.45) is 10.2 Å². The van der Waals surface area contributed by atoms with E-state index < -0.39 is 0 Å². The lowest BCUT2D eigenvalue weighted by atomic mass is 9.92. The van der Waals surface area contributed by atoms with Gasteiger partial charge in [0.1, 0.15) is 0 Å². The summed E-state index contributed by atoms with van der Waals surface area (Å²) in [7, 11) is 0. The minimum Gasteiger partial charge on any atom is -0.293 e. The molecule has 0 aliphatic carbocycles. The van der Waals surface area contributed by atoms with Crippen LogP contribution in [-0.2, 0) is 5.41 Å². The minimum atomic E-state index is -0.242. The van der Waals surface area contributed by atoms with Gasteiger partial charge in [0, 0.05) is 17.2 Å². The van der Waals surface area contributed by atoms with Crippen LogP contribution in [0.1, 0.15) is 32.2 Å². The van der Waals surface area contributed by atoms with E-state index in [9.17, 15) is 4.79 Å². The van der Waals surface area contributed by atoms with Gasteiger partial charge in [-0.3, -0.25) is 15.0 Å². The Morgan fingerprint density at radius 1 is 1.12 bits per heavy atom. The predicted octanol–water partition coefficient (Wildman–Crippen LogP) is 3.91. The molecule has 0 aliphatic heterocycles. The average molecular weight is 324 g/mol. The zero-order valence-corrected chi connectivity index (χ0v) is 14.2. The molecule has 0 atom stereocenters. The quantitative estimate of drug-likeness (QED) is 0.715. The van der Waals surface area contributed by atoms with Gasteiger partial charge in [-0.05, 0) is 19.1 Å². The van der Waals surface area contributed by atoms with E-state index in [4.69, 9.17) is 0 Å². The number of nitrogens with one attached hydrogen (secondary N) is 2. The number of para-hydroxylation sites is 1. The molecule has 0 saturated heterocycles. The van der Waals surface area contributed by atoms with Crippen LogP contribution in [0.4, 0.5) is 11.5 Å². The van der Waals surface area contributed by atoms with Crippen molar-refractivity contribution in [2.45, 2.75) is 33.1 Å². The fourth-order valence-electron chi connectivity index (χ4n) is 2.26. The van der Waals surface area contributed by atoms with E-state index in [0.717, 1.165) is 11.4 Å². The van der Waals surface area contributed by atoms with E-state index in [1.807, 2.05) is 36.4 Å². The Bertz CT molecular complexity index is 924. The Morgan fingerprint density at radius 2 is 1.83 bits per heavy atom. The summed E-state index contributed by atoms with van der Waals surface area (Å²) >= 11 is 0. The molecule has 124 valence electrons. The van der Waals surface area contributed by atoms with Gasteiger partial charge in [-0.15, -0.1) is 10.2 Å². The van der Waals surface area contributed by atoms with Crippen LogP contribution in [0.5, 0.6) is 0 Å². The van der Waals surface area contributed by atoms with Crippen molar-refractivity contribution in [1.29, 1.82) is 0 Å². The molecule has 0 fully saturated rings. The molecule has 2 aromatic heterocycles. The van der Waals surface area contributed by atoms with Crippen LogP contribution in [0.2, 0.25) is 0 Å². The molecule has 7 heteroatoms. The summed E-state index contributed by atoms with van der Waals surface area (Å²) < 4.78 is 1.45. The molecule has 1 aromatic carbocycles. The summed E-state index contributed by atoms with van der Waals surface area (Å²) in [4.78, 5) is 12.5. The van der Waals surface area contributed by atoms with Crippen molar-refractivity contribution in [1.82, 2.24) is 20.0 Å². The van der Waals surface area contributed by atoms with Gasteiger partial charge < -0.3 is 0 Å². The van der Waals surface area contributed by atoms with Crippen LogP contribution in [-0.4, -0.2) is 20.0 Å². The van der Waals surface area contributed by atoms with Crippen molar-refractivity contribution in [3.63, 3.8) is 0 Å². The molecular formula is C17H20N6O. The highest BCUT2D eigenvalue weighted by molar-refractivity contribution is 5.43. The molecule has 7 nitrogen and oxygen atoms in total. The van der Waals surface area contributed by atoms with Crippen LogP contribution >= 0.6 is 0 Å². The third kappa shape index (κ3) is 3.05. The fraction of sp³-hybridized carbons (Fsp3) is 0.294. The van der Waals surface area contributed by atoms with Gasteiger partial charge in [-0.2, -0.15) is 5.10 Å². The molecule has 0 radical (unpaired) electrons. The van der Waals surface area contributed by atoms with E-state index in [1.165, 1.54) is 4.68 Å². The van der Waals surface area contributed by atoms with E-state index in [-0.39, 0.29) is 16.7 Å². The first-order valence-corrected chi connectivity index (χ1v) is 7.71. The van der Waals surface area contributed by atoms with E-state index in [0.29, 0.717) is 11.5 Å². The Hall–Kier alpha value is -2.96. The second-order valence-corrected chi connectivity index (χ2v) is 6.65. The second kappa shape index (κ2) is 5.92. The topological polar surface area (TPSA) is 91.2 Å². The van der Waals surface area contributed by atoms with Gasteiger partial charge in [0.2, 0.25) is 0 Å². The standard InChI is InChI=1S/C17H20N6O/c1-11-15(16(24)23(22-11)12-8-6-5-7-9-12)21-20-14-10-13(18-19-14)17(2,3)4/h5-10,22H,1-4H3,(H,18,19). The molecule has 0 saturated carbocycles.